The van der Waals surface area contributed by atoms with Gasteiger partial charge in [0.05, 0.1) is 10.6 Å². The molecule has 1 unspecified atom stereocenters. The molecule has 2 N–H and O–H groups in total. The largest absolute Gasteiger partial charge is 0.480 e. The van der Waals surface area contributed by atoms with Gasteiger partial charge in [-0.3, -0.25) is 4.79 Å². The van der Waals surface area contributed by atoms with Gasteiger partial charge in [-0.15, -0.1) is 12.3 Å². The maximum atomic E-state index is 13.0. The van der Waals surface area contributed by atoms with Gasteiger partial charge in [0.2, 0.25) is 0 Å². The van der Waals surface area contributed by atoms with Crippen LogP contribution in [0.2, 0.25) is 5.02 Å². The van der Waals surface area contributed by atoms with Crippen LogP contribution in [0.15, 0.2) is 12.1 Å². The van der Waals surface area contributed by atoms with E-state index < -0.39 is 29.6 Å². The van der Waals surface area contributed by atoms with E-state index in [2.05, 4.69) is 11.2 Å². The van der Waals surface area contributed by atoms with Crippen molar-refractivity contribution in [3.05, 3.63) is 34.4 Å². The Kier molecular flexibility index (Phi) is 4.84. The van der Waals surface area contributed by atoms with Crippen molar-refractivity contribution in [3.8, 4) is 12.3 Å². The summed E-state index contributed by atoms with van der Waals surface area (Å²) in [5.41, 5.74) is -0.371. The second-order valence-corrected chi connectivity index (χ2v) is 3.93. The van der Waals surface area contributed by atoms with Gasteiger partial charge in [-0.2, -0.15) is 0 Å². The number of carboxylic acids is 1. The summed E-state index contributed by atoms with van der Waals surface area (Å²) in [6, 6.07) is -0.119. The Balaban J connectivity index is 2.98. The Morgan fingerprint density at radius 3 is 2.53 bits per heavy atom. The molecule has 0 heterocycles. The SMILES string of the molecule is C#CCC(NC(=O)c1cc(F)c(F)cc1Cl)C(=O)O. The third-order valence-corrected chi connectivity index (χ3v) is 2.49. The Morgan fingerprint density at radius 2 is 2.00 bits per heavy atom. The van der Waals surface area contributed by atoms with Gasteiger partial charge in [0.25, 0.3) is 5.91 Å². The predicted octanol–water partition coefficient (Wildman–Crippen LogP) is 1.82. The minimum Gasteiger partial charge on any atom is -0.480 e. The molecule has 0 aromatic heterocycles. The maximum absolute atomic E-state index is 13.0. The molecule has 1 rings (SSSR count). The summed E-state index contributed by atoms with van der Waals surface area (Å²) in [5.74, 6) is -2.69. The number of benzene rings is 1. The van der Waals surface area contributed by atoms with Crippen LogP contribution in [0.5, 0.6) is 0 Å². The Bertz CT molecular complexity index is 569. The minimum atomic E-state index is -1.34. The van der Waals surface area contributed by atoms with Crippen molar-refractivity contribution >= 4 is 23.5 Å². The first-order valence-electron chi connectivity index (χ1n) is 4.98. The van der Waals surface area contributed by atoms with Gasteiger partial charge in [-0.25, -0.2) is 13.6 Å². The Labute approximate surface area is 112 Å². The number of rotatable bonds is 4. The molecule has 7 heteroatoms. The van der Waals surface area contributed by atoms with Gasteiger partial charge in [-0.1, -0.05) is 11.6 Å². The van der Waals surface area contributed by atoms with Crippen molar-refractivity contribution in [3.63, 3.8) is 0 Å². The van der Waals surface area contributed by atoms with Gasteiger partial charge >= 0.3 is 5.97 Å². The number of hydrogen-bond acceptors (Lipinski definition) is 2. The molecule has 1 amide bonds. The fourth-order valence-electron chi connectivity index (χ4n) is 1.25. The molecule has 0 fully saturated rings. The Hall–Kier alpha value is -2.13. The molecule has 19 heavy (non-hydrogen) atoms. The number of hydrogen-bond donors (Lipinski definition) is 2. The highest BCUT2D eigenvalue weighted by molar-refractivity contribution is 6.33. The topological polar surface area (TPSA) is 66.4 Å². The highest BCUT2D eigenvalue weighted by Crippen LogP contribution is 2.20. The molecule has 0 aliphatic rings. The first kappa shape index (κ1) is 14.9. The third-order valence-electron chi connectivity index (χ3n) is 2.18. The van der Waals surface area contributed by atoms with Crippen molar-refractivity contribution < 1.29 is 23.5 Å². The summed E-state index contributed by atoms with van der Waals surface area (Å²) in [7, 11) is 0. The number of aliphatic carboxylic acids is 1. The van der Waals surface area contributed by atoms with Crippen LogP contribution in [-0.4, -0.2) is 23.0 Å². The zero-order chi connectivity index (χ0) is 14.6. The molecular weight excluding hydrogens is 280 g/mol. The van der Waals surface area contributed by atoms with E-state index >= 15 is 0 Å². The number of carbonyl (C=O) groups excluding carboxylic acids is 1. The molecule has 0 spiro atoms. The minimum absolute atomic E-state index is 0.248. The summed E-state index contributed by atoms with van der Waals surface area (Å²) < 4.78 is 25.8. The predicted molar refractivity (Wildman–Crippen MR) is 63.7 cm³/mol. The fourth-order valence-corrected chi connectivity index (χ4v) is 1.49. The smallest absolute Gasteiger partial charge is 0.327 e. The number of carboxylic acid groups (broad SMARTS) is 1. The van der Waals surface area contributed by atoms with Crippen LogP contribution < -0.4 is 5.32 Å². The van der Waals surface area contributed by atoms with Gasteiger partial charge in [0.15, 0.2) is 11.6 Å². The first-order chi connectivity index (χ1) is 8.86. The quantitative estimate of drug-likeness (QED) is 0.656. The lowest BCUT2D eigenvalue weighted by molar-refractivity contribution is -0.139. The number of terminal acetylenes is 1. The molecular formula is C12H8ClF2NO3. The average Bonchev–Trinajstić information content (AvgIpc) is 2.32. The van der Waals surface area contributed by atoms with E-state index in [4.69, 9.17) is 23.1 Å². The number of nitrogens with one attached hydrogen (secondary N) is 1. The molecule has 1 aromatic rings. The molecule has 0 saturated heterocycles. The third kappa shape index (κ3) is 3.66. The summed E-state index contributed by atoms with van der Waals surface area (Å²) in [5, 5.41) is 10.5. The van der Waals surface area contributed by atoms with E-state index in [0.717, 1.165) is 0 Å². The van der Waals surface area contributed by atoms with Crippen LogP contribution in [0, 0.1) is 24.0 Å². The summed E-state index contributed by atoms with van der Waals surface area (Å²) >= 11 is 5.58. The van der Waals surface area contributed by atoms with Crippen molar-refractivity contribution in [2.45, 2.75) is 12.5 Å². The van der Waals surface area contributed by atoms with Crippen LogP contribution >= 0.6 is 11.6 Å². The highest BCUT2D eigenvalue weighted by atomic mass is 35.5. The van der Waals surface area contributed by atoms with Gasteiger partial charge in [-0.05, 0) is 12.1 Å². The lowest BCUT2D eigenvalue weighted by atomic mass is 10.1. The molecule has 0 saturated carbocycles. The van der Waals surface area contributed by atoms with Crippen LogP contribution in [0.3, 0.4) is 0 Å². The van der Waals surface area contributed by atoms with Crippen LogP contribution in [0.25, 0.3) is 0 Å². The molecule has 1 atom stereocenters. The number of halogens is 3. The first-order valence-corrected chi connectivity index (χ1v) is 5.36. The average molecular weight is 288 g/mol. The molecule has 100 valence electrons. The van der Waals surface area contributed by atoms with Crippen molar-refractivity contribution in [2.24, 2.45) is 0 Å². The van der Waals surface area contributed by atoms with Gasteiger partial charge in [0, 0.05) is 6.42 Å². The second-order valence-electron chi connectivity index (χ2n) is 3.52. The van der Waals surface area contributed by atoms with Crippen LogP contribution in [0.4, 0.5) is 8.78 Å². The summed E-state index contributed by atoms with van der Waals surface area (Å²) in [6.45, 7) is 0. The van der Waals surface area contributed by atoms with E-state index in [-0.39, 0.29) is 17.0 Å². The van der Waals surface area contributed by atoms with Gasteiger partial charge in [0.1, 0.15) is 6.04 Å². The van der Waals surface area contributed by atoms with Crippen LogP contribution in [-0.2, 0) is 4.79 Å². The maximum Gasteiger partial charge on any atom is 0.327 e. The second kappa shape index (κ2) is 6.16. The molecule has 1 aromatic carbocycles. The van der Waals surface area contributed by atoms with E-state index in [9.17, 15) is 18.4 Å². The van der Waals surface area contributed by atoms with E-state index in [1.54, 1.807) is 0 Å². The standard InChI is InChI=1S/C12H8ClF2NO3/c1-2-3-10(12(18)19)16-11(17)6-4-8(14)9(15)5-7(6)13/h1,4-5,10H,3H2,(H,16,17)(H,18,19). The van der Waals surface area contributed by atoms with E-state index in [1.165, 1.54) is 0 Å². The summed E-state index contributed by atoms with van der Waals surface area (Å²) in [4.78, 5) is 22.5. The molecule has 0 aliphatic heterocycles. The highest BCUT2D eigenvalue weighted by Gasteiger charge is 2.22. The number of amides is 1. The molecule has 4 nitrogen and oxygen atoms in total. The summed E-state index contributed by atoms with van der Waals surface area (Å²) in [6.07, 6.45) is 4.71. The molecule has 0 bridgehead atoms. The van der Waals surface area contributed by atoms with Crippen molar-refractivity contribution in [1.29, 1.82) is 0 Å². The lowest BCUT2D eigenvalue weighted by Gasteiger charge is -2.12. The lowest BCUT2D eigenvalue weighted by Crippen LogP contribution is -2.40. The monoisotopic (exact) mass is 287 g/mol. The fraction of sp³-hybridized carbons (Fsp3) is 0.167. The normalized spacial score (nSPS) is 11.5. The zero-order valence-electron chi connectivity index (χ0n) is 9.41. The number of carbonyl (C=O) groups is 2. The molecule has 0 radical (unpaired) electrons. The van der Waals surface area contributed by atoms with Gasteiger partial charge < -0.3 is 10.4 Å². The molecule has 0 aliphatic carbocycles. The van der Waals surface area contributed by atoms with Crippen LogP contribution in [0.1, 0.15) is 16.8 Å². The van der Waals surface area contributed by atoms with E-state index in [0.29, 0.717) is 12.1 Å². The Morgan fingerprint density at radius 1 is 1.42 bits per heavy atom. The van der Waals surface area contributed by atoms with Crippen molar-refractivity contribution in [1.82, 2.24) is 5.32 Å². The van der Waals surface area contributed by atoms with E-state index in [1.807, 2.05) is 0 Å². The van der Waals surface area contributed by atoms with Crippen molar-refractivity contribution in [2.75, 3.05) is 0 Å². The zero-order valence-corrected chi connectivity index (χ0v) is 10.2.